The summed E-state index contributed by atoms with van der Waals surface area (Å²) in [5, 5.41) is 24.1. The molecule has 0 unspecified atom stereocenters. The largest absolute Gasteiger partial charge is 0.481 e. The standard InChI is InChI=1S/C23H24F3N5O3S/c1-12-8-17(30-16-9-13(5-7-27-16)23(24,25)26)31-18(29-12)15-10-28-20(35-15)22(34)6-4-14(19(32)33)21(2,3)11-22/h5,7-10,14,34H,4,6,11H2,1-3H3,(H,32,33)(H,27,29,30,31)/t14-,22-/m0/s1. The van der Waals surface area contributed by atoms with Crippen LogP contribution >= 0.6 is 11.3 Å². The Morgan fingerprint density at radius 3 is 2.60 bits per heavy atom. The number of hydrogen-bond donors (Lipinski definition) is 3. The lowest BCUT2D eigenvalue weighted by molar-refractivity contribution is -0.154. The van der Waals surface area contributed by atoms with E-state index in [0.29, 0.717) is 27.8 Å². The number of carbonyl (C=O) groups is 1. The van der Waals surface area contributed by atoms with Gasteiger partial charge in [0.15, 0.2) is 5.82 Å². The van der Waals surface area contributed by atoms with Gasteiger partial charge in [-0.05, 0) is 43.7 Å². The molecule has 3 N–H and O–H groups in total. The number of aryl methyl sites for hydroxylation is 1. The number of halogens is 3. The molecule has 3 heterocycles. The normalized spacial score (nSPS) is 22.1. The van der Waals surface area contributed by atoms with Crippen LogP contribution in [-0.2, 0) is 16.6 Å². The molecule has 0 bridgehead atoms. The summed E-state index contributed by atoms with van der Waals surface area (Å²) < 4.78 is 39.0. The Kier molecular flexibility index (Phi) is 6.30. The molecule has 2 atom stereocenters. The lowest BCUT2D eigenvalue weighted by atomic mass is 9.63. The molecule has 35 heavy (non-hydrogen) atoms. The number of nitrogens with one attached hydrogen (secondary N) is 1. The van der Waals surface area contributed by atoms with Gasteiger partial charge in [-0.25, -0.2) is 19.9 Å². The fourth-order valence-corrected chi connectivity index (χ4v) is 5.49. The van der Waals surface area contributed by atoms with E-state index in [1.807, 2.05) is 13.8 Å². The fourth-order valence-electron chi connectivity index (χ4n) is 4.52. The van der Waals surface area contributed by atoms with Crippen molar-refractivity contribution in [2.45, 2.75) is 51.8 Å². The van der Waals surface area contributed by atoms with Crippen molar-refractivity contribution in [1.82, 2.24) is 19.9 Å². The monoisotopic (exact) mass is 507 g/mol. The van der Waals surface area contributed by atoms with Crippen LogP contribution in [0.5, 0.6) is 0 Å². The van der Waals surface area contributed by atoms with Crippen LogP contribution in [-0.4, -0.2) is 36.1 Å². The van der Waals surface area contributed by atoms with Gasteiger partial charge in [-0.15, -0.1) is 11.3 Å². The maximum absolute atomic E-state index is 13.0. The van der Waals surface area contributed by atoms with Gasteiger partial charge < -0.3 is 15.5 Å². The Balaban J connectivity index is 1.59. The molecule has 1 saturated carbocycles. The number of carboxylic acids is 1. The quantitative estimate of drug-likeness (QED) is 0.433. The van der Waals surface area contributed by atoms with Crippen molar-refractivity contribution in [2.24, 2.45) is 11.3 Å². The summed E-state index contributed by atoms with van der Waals surface area (Å²) in [5.41, 5.74) is -2.16. The maximum atomic E-state index is 13.0. The fraction of sp³-hybridized carbons (Fsp3) is 0.435. The van der Waals surface area contributed by atoms with Crippen LogP contribution in [0.4, 0.5) is 24.8 Å². The highest BCUT2D eigenvalue weighted by atomic mass is 32.1. The topological polar surface area (TPSA) is 121 Å². The number of rotatable bonds is 5. The van der Waals surface area contributed by atoms with Crippen LogP contribution in [0, 0.1) is 18.3 Å². The highest BCUT2D eigenvalue weighted by molar-refractivity contribution is 7.15. The minimum absolute atomic E-state index is 0.0133. The van der Waals surface area contributed by atoms with E-state index in [1.165, 1.54) is 17.5 Å². The lowest BCUT2D eigenvalue weighted by Gasteiger charge is -2.44. The average Bonchev–Trinajstić information content (AvgIpc) is 3.23. The molecule has 0 amide bonds. The molecule has 3 aromatic rings. The molecule has 12 heteroatoms. The number of alkyl halides is 3. The van der Waals surface area contributed by atoms with Crippen molar-refractivity contribution in [3.8, 4) is 10.7 Å². The smallest absolute Gasteiger partial charge is 0.416 e. The Labute approximate surface area is 203 Å². The van der Waals surface area contributed by atoms with Crippen LogP contribution in [0.1, 0.15) is 49.4 Å². The van der Waals surface area contributed by atoms with Gasteiger partial charge in [-0.1, -0.05) is 13.8 Å². The molecule has 186 valence electrons. The van der Waals surface area contributed by atoms with Crippen molar-refractivity contribution in [1.29, 1.82) is 0 Å². The Morgan fingerprint density at radius 2 is 1.94 bits per heavy atom. The number of anilines is 2. The van der Waals surface area contributed by atoms with Gasteiger partial charge in [0.05, 0.1) is 16.4 Å². The van der Waals surface area contributed by atoms with E-state index in [9.17, 15) is 28.2 Å². The molecule has 0 spiro atoms. The van der Waals surface area contributed by atoms with Crippen molar-refractivity contribution >= 4 is 28.9 Å². The molecular weight excluding hydrogens is 483 g/mol. The second kappa shape index (κ2) is 8.83. The summed E-state index contributed by atoms with van der Waals surface area (Å²) in [6.07, 6.45) is -1.06. The third kappa shape index (κ3) is 5.27. The van der Waals surface area contributed by atoms with Gasteiger partial charge in [0.1, 0.15) is 22.2 Å². The number of aliphatic hydroxyl groups is 1. The molecule has 1 fully saturated rings. The Morgan fingerprint density at radius 1 is 1.20 bits per heavy atom. The highest BCUT2D eigenvalue weighted by Crippen LogP contribution is 2.50. The van der Waals surface area contributed by atoms with Crippen LogP contribution < -0.4 is 5.32 Å². The minimum atomic E-state index is -4.50. The SMILES string of the molecule is Cc1cc(Nc2cc(C(F)(F)F)ccn2)nc(-c2cnc([C@]3(O)CC[C@@H](C(=O)O)C(C)(C)C3)s2)n1. The van der Waals surface area contributed by atoms with Crippen molar-refractivity contribution in [3.63, 3.8) is 0 Å². The first-order valence-electron chi connectivity index (χ1n) is 10.8. The molecule has 0 saturated heterocycles. The minimum Gasteiger partial charge on any atom is -0.481 e. The van der Waals surface area contributed by atoms with Crippen LogP contribution in [0.25, 0.3) is 10.7 Å². The molecule has 0 aromatic carbocycles. The average molecular weight is 508 g/mol. The third-order valence-corrected chi connectivity index (χ3v) is 7.34. The van der Waals surface area contributed by atoms with E-state index in [2.05, 4.69) is 25.3 Å². The number of aliphatic carboxylic acids is 1. The molecule has 3 aromatic heterocycles. The van der Waals surface area contributed by atoms with Gasteiger partial charge in [0.25, 0.3) is 0 Å². The number of thiazole rings is 1. The summed E-state index contributed by atoms with van der Waals surface area (Å²) >= 11 is 1.21. The molecule has 1 aliphatic carbocycles. The van der Waals surface area contributed by atoms with Gasteiger partial charge in [0, 0.05) is 24.2 Å². The second-order valence-electron chi connectivity index (χ2n) is 9.43. The molecular formula is C23H24F3N5O3S. The number of nitrogens with zero attached hydrogens (tertiary/aromatic N) is 4. The molecule has 0 aliphatic heterocycles. The van der Waals surface area contributed by atoms with Crippen molar-refractivity contribution < 1.29 is 28.2 Å². The molecule has 4 rings (SSSR count). The Bertz CT molecular complexity index is 1260. The molecule has 0 radical (unpaired) electrons. The van der Waals surface area contributed by atoms with Crippen molar-refractivity contribution in [3.05, 3.63) is 46.9 Å². The summed E-state index contributed by atoms with van der Waals surface area (Å²) in [6, 6.07) is 3.36. The zero-order chi connectivity index (χ0) is 25.6. The van der Waals surface area contributed by atoms with E-state index in [4.69, 9.17) is 0 Å². The first kappa shape index (κ1) is 25.0. The lowest BCUT2D eigenvalue weighted by Crippen LogP contribution is -2.44. The summed E-state index contributed by atoms with van der Waals surface area (Å²) in [4.78, 5) is 29.3. The van der Waals surface area contributed by atoms with Gasteiger partial charge in [-0.3, -0.25) is 4.79 Å². The highest BCUT2D eigenvalue weighted by Gasteiger charge is 2.49. The van der Waals surface area contributed by atoms with Crippen molar-refractivity contribution in [2.75, 3.05) is 5.32 Å². The third-order valence-electron chi connectivity index (χ3n) is 6.16. The first-order valence-corrected chi connectivity index (χ1v) is 11.7. The van der Waals surface area contributed by atoms with E-state index < -0.39 is 34.6 Å². The van der Waals surface area contributed by atoms with Gasteiger partial charge >= 0.3 is 12.1 Å². The van der Waals surface area contributed by atoms with E-state index >= 15 is 0 Å². The number of hydrogen-bond acceptors (Lipinski definition) is 8. The zero-order valence-corrected chi connectivity index (χ0v) is 20.0. The van der Waals surface area contributed by atoms with Crippen LogP contribution in [0.2, 0.25) is 0 Å². The van der Waals surface area contributed by atoms with Gasteiger partial charge in [0.2, 0.25) is 0 Å². The second-order valence-corrected chi connectivity index (χ2v) is 10.5. The number of carboxylic acid groups (broad SMARTS) is 1. The Hall–Kier alpha value is -3.12. The van der Waals surface area contributed by atoms with E-state index in [1.54, 1.807) is 13.0 Å². The zero-order valence-electron chi connectivity index (χ0n) is 19.2. The summed E-state index contributed by atoms with van der Waals surface area (Å²) in [6.45, 7) is 5.38. The van der Waals surface area contributed by atoms with Crippen LogP contribution in [0.15, 0.2) is 30.6 Å². The first-order chi connectivity index (χ1) is 16.3. The predicted molar refractivity (Wildman–Crippen MR) is 123 cm³/mol. The summed E-state index contributed by atoms with van der Waals surface area (Å²) in [7, 11) is 0. The maximum Gasteiger partial charge on any atom is 0.416 e. The summed E-state index contributed by atoms with van der Waals surface area (Å²) in [5.74, 6) is -0.886. The number of aromatic nitrogens is 4. The number of pyridine rings is 1. The van der Waals surface area contributed by atoms with E-state index in [0.717, 1.165) is 18.3 Å². The molecule has 8 nitrogen and oxygen atoms in total. The van der Waals surface area contributed by atoms with E-state index in [-0.39, 0.29) is 24.5 Å². The molecule has 1 aliphatic rings. The predicted octanol–water partition coefficient (Wildman–Crippen LogP) is 5.16. The van der Waals surface area contributed by atoms with Gasteiger partial charge in [-0.2, -0.15) is 13.2 Å². The van der Waals surface area contributed by atoms with Crippen LogP contribution in [0.3, 0.4) is 0 Å².